The van der Waals surface area contributed by atoms with E-state index in [4.69, 9.17) is 14.2 Å². The van der Waals surface area contributed by atoms with Crippen molar-refractivity contribution in [1.82, 2.24) is 14.9 Å². The zero-order valence-corrected chi connectivity index (χ0v) is 18.5. The second-order valence-electron chi connectivity index (χ2n) is 5.86. The number of aromatic nitrogens is 2. The van der Waals surface area contributed by atoms with E-state index in [2.05, 4.69) is 16.5 Å². The third-order valence-corrected chi connectivity index (χ3v) is 4.15. The highest BCUT2D eigenvalue weighted by molar-refractivity contribution is 5.67. The summed E-state index contributed by atoms with van der Waals surface area (Å²) in [6.07, 6.45) is 4.58. The van der Waals surface area contributed by atoms with Crippen LogP contribution in [0.25, 0.3) is 5.57 Å². The summed E-state index contributed by atoms with van der Waals surface area (Å²) >= 11 is 0. The Bertz CT molecular complexity index is 551. The Morgan fingerprint density at radius 3 is 2.07 bits per heavy atom. The predicted molar refractivity (Wildman–Crippen MR) is 112 cm³/mol. The van der Waals surface area contributed by atoms with E-state index in [1.165, 1.54) is 14.2 Å². The lowest BCUT2D eigenvalue weighted by molar-refractivity contribution is -0.130. The monoisotopic (exact) mass is 395 g/mol. The van der Waals surface area contributed by atoms with Crippen LogP contribution in [-0.2, 0) is 14.2 Å². The summed E-state index contributed by atoms with van der Waals surface area (Å²) in [5, 5.41) is 0. The van der Waals surface area contributed by atoms with Gasteiger partial charge in [-0.15, -0.1) is 0 Å². The molecule has 0 aliphatic carbocycles. The summed E-state index contributed by atoms with van der Waals surface area (Å²) < 4.78 is 15.2. The second-order valence-corrected chi connectivity index (χ2v) is 5.86. The van der Waals surface area contributed by atoms with Crippen LogP contribution in [-0.4, -0.2) is 61.2 Å². The smallest absolute Gasteiger partial charge is 0.409 e. The van der Waals surface area contributed by atoms with Crippen LogP contribution >= 0.6 is 0 Å². The summed E-state index contributed by atoms with van der Waals surface area (Å²) in [7, 11) is 3.02. The third-order valence-electron chi connectivity index (χ3n) is 4.15. The van der Waals surface area contributed by atoms with Crippen molar-refractivity contribution in [2.24, 2.45) is 0 Å². The van der Waals surface area contributed by atoms with Crippen LogP contribution in [0.2, 0.25) is 0 Å². The number of piperidine rings is 1. The summed E-state index contributed by atoms with van der Waals surface area (Å²) in [6, 6.07) is 0. The van der Waals surface area contributed by atoms with Crippen molar-refractivity contribution in [3.8, 4) is 0 Å². The molecule has 1 aromatic heterocycles. The number of carbonyl (C=O) groups excluding carboxylic acids is 1. The average molecular weight is 396 g/mol. The fourth-order valence-electron chi connectivity index (χ4n) is 2.63. The zero-order chi connectivity index (χ0) is 21.5. The maximum Gasteiger partial charge on any atom is 0.409 e. The Morgan fingerprint density at radius 1 is 1.14 bits per heavy atom. The highest BCUT2D eigenvalue weighted by Crippen LogP contribution is 2.27. The summed E-state index contributed by atoms with van der Waals surface area (Å²) in [5.74, 6) is 1.03. The van der Waals surface area contributed by atoms with Gasteiger partial charge in [-0.05, 0) is 36.8 Å². The number of allylic oxidation sites excluding steroid dienone is 1. The van der Waals surface area contributed by atoms with Crippen LogP contribution in [0.15, 0.2) is 19.0 Å². The van der Waals surface area contributed by atoms with Gasteiger partial charge in [-0.3, -0.25) is 0 Å². The number of nitrogens with zero attached hydrogens (tertiary/aromatic N) is 3. The van der Waals surface area contributed by atoms with Gasteiger partial charge in [0, 0.05) is 39.7 Å². The minimum atomic E-state index is -0.532. The van der Waals surface area contributed by atoms with E-state index in [0.717, 1.165) is 24.0 Å². The molecule has 2 rings (SSSR count). The van der Waals surface area contributed by atoms with Gasteiger partial charge < -0.3 is 19.1 Å². The van der Waals surface area contributed by atoms with Crippen LogP contribution < -0.4 is 0 Å². The number of amides is 1. The average Bonchev–Trinajstić information content (AvgIpc) is 2.77. The first kappa shape index (κ1) is 26.0. The first-order chi connectivity index (χ1) is 13.5. The van der Waals surface area contributed by atoms with Crippen LogP contribution in [0.3, 0.4) is 0 Å². The van der Waals surface area contributed by atoms with E-state index in [1.54, 1.807) is 4.90 Å². The van der Waals surface area contributed by atoms with Gasteiger partial charge in [-0.25, -0.2) is 14.8 Å². The van der Waals surface area contributed by atoms with Crippen molar-refractivity contribution >= 4 is 11.7 Å². The normalized spacial score (nSPS) is 13.8. The van der Waals surface area contributed by atoms with Gasteiger partial charge in [0.2, 0.25) is 0 Å². The molecule has 0 N–H and O–H groups in total. The Kier molecular flexibility index (Phi) is 13.9. The zero-order valence-electron chi connectivity index (χ0n) is 18.5. The lowest BCUT2D eigenvalue weighted by Gasteiger charge is -2.31. The molecule has 7 nitrogen and oxygen atoms in total. The SMILES string of the molecule is C=C(C)c1ncc(C2CCN(C(=O)OCC(OC)OC)CC2)cn1.CC.CC. The maximum absolute atomic E-state index is 12.1. The second kappa shape index (κ2) is 15.0. The standard InChI is InChI=1S/C17H25N3O4.2C2H6/c1-12(2)16-18-9-14(10-19-16)13-5-7-20(8-6-13)17(21)24-11-15(22-3)23-4;2*1-2/h9-10,13,15H,1,5-8,11H2,2-4H3;2*1-2H3. The van der Waals surface area contributed by atoms with Gasteiger partial charge in [0.1, 0.15) is 6.61 Å². The van der Waals surface area contributed by atoms with E-state index >= 15 is 0 Å². The van der Waals surface area contributed by atoms with E-state index in [-0.39, 0.29) is 12.7 Å². The van der Waals surface area contributed by atoms with E-state index < -0.39 is 6.29 Å². The fraction of sp³-hybridized carbons (Fsp3) is 0.667. The predicted octanol–water partition coefficient (Wildman–Crippen LogP) is 4.50. The Hall–Kier alpha value is -1.99. The number of methoxy groups -OCH3 is 2. The molecule has 2 heterocycles. The van der Waals surface area contributed by atoms with E-state index in [1.807, 2.05) is 47.0 Å². The Labute approximate surface area is 170 Å². The fourth-order valence-corrected chi connectivity index (χ4v) is 2.63. The molecular weight excluding hydrogens is 358 g/mol. The minimum Gasteiger partial charge on any atom is -0.444 e. The molecule has 1 amide bonds. The van der Waals surface area contributed by atoms with Crippen molar-refractivity contribution in [3.05, 3.63) is 30.4 Å². The molecule has 0 atom stereocenters. The topological polar surface area (TPSA) is 73.8 Å². The summed E-state index contributed by atoms with van der Waals surface area (Å²) in [5.41, 5.74) is 1.95. The van der Waals surface area contributed by atoms with Crippen molar-refractivity contribution in [2.45, 2.75) is 59.7 Å². The molecule has 0 saturated carbocycles. The first-order valence-corrected chi connectivity index (χ1v) is 10.00. The van der Waals surface area contributed by atoms with Gasteiger partial charge in [-0.2, -0.15) is 0 Å². The molecule has 0 aromatic carbocycles. The molecule has 7 heteroatoms. The third kappa shape index (κ3) is 8.35. The number of hydrogen-bond acceptors (Lipinski definition) is 6. The lowest BCUT2D eigenvalue weighted by atomic mass is 9.91. The van der Waals surface area contributed by atoms with Crippen LogP contribution in [0, 0.1) is 0 Å². The van der Waals surface area contributed by atoms with Crippen molar-refractivity contribution in [1.29, 1.82) is 0 Å². The molecule has 0 spiro atoms. The number of likely N-dealkylation sites (tertiary alicyclic amines) is 1. The molecule has 1 fully saturated rings. The van der Waals surface area contributed by atoms with E-state index in [9.17, 15) is 4.79 Å². The molecule has 160 valence electrons. The van der Waals surface area contributed by atoms with Crippen LogP contribution in [0.4, 0.5) is 4.79 Å². The maximum atomic E-state index is 12.1. The minimum absolute atomic E-state index is 0.0853. The summed E-state index contributed by atoms with van der Waals surface area (Å²) in [4.78, 5) is 22.4. The molecule has 1 saturated heterocycles. The van der Waals surface area contributed by atoms with Gasteiger partial charge in [0.25, 0.3) is 0 Å². The van der Waals surface area contributed by atoms with Gasteiger partial charge in [0.05, 0.1) is 0 Å². The molecule has 0 unspecified atom stereocenters. The molecule has 0 radical (unpaired) electrons. The van der Waals surface area contributed by atoms with Crippen LogP contribution in [0.1, 0.15) is 64.8 Å². The first-order valence-electron chi connectivity index (χ1n) is 10.00. The highest BCUT2D eigenvalue weighted by Gasteiger charge is 2.25. The lowest BCUT2D eigenvalue weighted by Crippen LogP contribution is -2.39. The Balaban J connectivity index is 0.00000171. The van der Waals surface area contributed by atoms with Gasteiger partial charge in [-0.1, -0.05) is 34.3 Å². The number of rotatable bonds is 6. The van der Waals surface area contributed by atoms with Crippen molar-refractivity contribution in [2.75, 3.05) is 33.9 Å². The molecule has 28 heavy (non-hydrogen) atoms. The molecule has 1 aliphatic heterocycles. The molecular formula is C21H37N3O4. The number of carbonyl (C=O) groups is 1. The van der Waals surface area contributed by atoms with Gasteiger partial charge >= 0.3 is 6.09 Å². The highest BCUT2D eigenvalue weighted by atomic mass is 16.7. The summed E-state index contributed by atoms with van der Waals surface area (Å²) in [6.45, 7) is 15.1. The van der Waals surface area contributed by atoms with Crippen molar-refractivity contribution in [3.63, 3.8) is 0 Å². The Morgan fingerprint density at radius 2 is 1.64 bits per heavy atom. The largest absolute Gasteiger partial charge is 0.444 e. The molecule has 1 aliphatic rings. The van der Waals surface area contributed by atoms with Crippen molar-refractivity contribution < 1.29 is 19.0 Å². The molecule has 0 bridgehead atoms. The van der Waals surface area contributed by atoms with Gasteiger partial charge in [0.15, 0.2) is 12.1 Å². The quantitative estimate of drug-likeness (QED) is 0.661. The van der Waals surface area contributed by atoms with E-state index in [0.29, 0.717) is 24.8 Å². The molecule has 1 aromatic rings. The van der Waals surface area contributed by atoms with Crippen LogP contribution in [0.5, 0.6) is 0 Å². The number of hydrogen-bond donors (Lipinski definition) is 0. The number of ether oxygens (including phenoxy) is 3.